The van der Waals surface area contributed by atoms with E-state index in [1.807, 2.05) is 0 Å². The van der Waals surface area contributed by atoms with Gasteiger partial charge in [0.05, 0.1) is 13.2 Å². The van der Waals surface area contributed by atoms with E-state index < -0.39 is 26.5 Å². The highest BCUT2D eigenvalue weighted by atomic mass is 31.2. The lowest BCUT2D eigenvalue weighted by Crippen LogP contribution is -2.29. The van der Waals surface area contributed by atoms with Gasteiger partial charge in [-0.25, -0.2) is 4.57 Å². The summed E-state index contributed by atoms with van der Waals surface area (Å²) in [5, 5.41) is 0. The van der Waals surface area contributed by atoms with E-state index >= 15 is 0 Å². The smallest absolute Gasteiger partial charge is 0.462 e. The minimum atomic E-state index is -4.39. The Morgan fingerprint density at radius 1 is 0.476 bits per heavy atom. The number of esters is 2. The topological polar surface area (TPSA) is 134 Å². The fourth-order valence-corrected chi connectivity index (χ4v) is 7.79. The SMILES string of the molecule is CCCCCCC/C=C\C/C=C\C/C=C\CCCCCCCCC(=O)OC(COC(=O)CCCCCCCCCCC/C=C\C/C=C\CCCCCCC)COP(=O)(O)OCCN. The van der Waals surface area contributed by atoms with Gasteiger partial charge in [0.1, 0.15) is 6.61 Å². The van der Waals surface area contributed by atoms with Crippen molar-refractivity contribution >= 4 is 19.8 Å². The van der Waals surface area contributed by atoms with Crippen molar-refractivity contribution in [2.45, 2.75) is 238 Å². The summed E-state index contributed by atoms with van der Waals surface area (Å²) in [5.41, 5.74) is 5.37. The van der Waals surface area contributed by atoms with Crippen LogP contribution in [0.25, 0.3) is 0 Å². The lowest BCUT2D eigenvalue weighted by Gasteiger charge is -2.19. The number of hydrogen-bond donors (Lipinski definition) is 2. The molecule has 0 fully saturated rings. The highest BCUT2D eigenvalue weighted by Crippen LogP contribution is 2.43. The first-order chi connectivity index (χ1) is 30.8. The number of ether oxygens (including phenoxy) is 2. The Morgan fingerprint density at radius 2 is 0.825 bits per heavy atom. The molecule has 0 saturated heterocycles. The maximum atomic E-state index is 12.7. The van der Waals surface area contributed by atoms with Crippen LogP contribution in [0.3, 0.4) is 0 Å². The maximum absolute atomic E-state index is 12.7. The number of carbonyl (C=O) groups is 2. The van der Waals surface area contributed by atoms with Gasteiger partial charge >= 0.3 is 19.8 Å². The van der Waals surface area contributed by atoms with Crippen molar-refractivity contribution in [3.63, 3.8) is 0 Å². The maximum Gasteiger partial charge on any atom is 0.472 e. The third kappa shape index (κ3) is 49.0. The van der Waals surface area contributed by atoms with Crippen LogP contribution < -0.4 is 5.73 Å². The summed E-state index contributed by atoms with van der Waals surface area (Å²) in [7, 11) is -4.39. The number of nitrogens with two attached hydrogens (primary N) is 1. The summed E-state index contributed by atoms with van der Waals surface area (Å²) in [5.74, 6) is -0.845. The molecule has 366 valence electrons. The molecule has 10 heteroatoms. The van der Waals surface area contributed by atoms with E-state index in [0.717, 1.165) is 83.5 Å². The Bertz CT molecular complexity index is 1220. The second-order valence-corrected chi connectivity index (χ2v) is 18.5. The number of allylic oxidation sites excluding steroid dienone is 10. The summed E-state index contributed by atoms with van der Waals surface area (Å²) in [4.78, 5) is 35.1. The van der Waals surface area contributed by atoms with E-state index in [0.29, 0.717) is 6.42 Å². The predicted octanol–water partition coefficient (Wildman–Crippen LogP) is 15.6. The molecule has 0 aromatic heterocycles. The van der Waals surface area contributed by atoms with Crippen molar-refractivity contribution in [3.05, 3.63) is 60.8 Å². The molecule has 0 spiro atoms. The van der Waals surface area contributed by atoms with Gasteiger partial charge in [-0.2, -0.15) is 0 Å². The summed E-state index contributed by atoms with van der Waals surface area (Å²) in [6.45, 7) is 3.71. The van der Waals surface area contributed by atoms with Crippen molar-refractivity contribution in [1.82, 2.24) is 0 Å². The number of hydrogen-bond acceptors (Lipinski definition) is 8. The summed E-state index contributed by atoms with van der Waals surface area (Å²) >= 11 is 0. The predicted molar refractivity (Wildman–Crippen MR) is 266 cm³/mol. The average molecular weight is 906 g/mol. The molecule has 0 aliphatic rings. The lowest BCUT2D eigenvalue weighted by atomic mass is 10.1. The van der Waals surface area contributed by atoms with Crippen LogP contribution >= 0.6 is 7.82 Å². The van der Waals surface area contributed by atoms with Crippen LogP contribution in [0, 0.1) is 0 Å². The van der Waals surface area contributed by atoms with Crippen molar-refractivity contribution in [3.8, 4) is 0 Å². The van der Waals surface area contributed by atoms with Gasteiger partial charge in [0, 0.05) is 19.4 Å². The van der Waals surface area contributed by atoms with Gasteiger partial charge in [-0.15, -0.1) is 0 Å². The molecule has 0 amide bonds. The van der Waals surface area contributed by atoms with E-state index in [1.165, 1.54) is 116 Å². The Labute approximate surface area is 387 Å². The molecule has 0 heterocycles. The van der Waals surface area contributed by atoms with E-state index in [1.54, 1.807) is 0 Å². The molecule has 2 unspecified atom stereocenters. The molecule has 0 radical (unpaired) electrons. The van der Waals surface area contributed by atoms with Crippen LogP contribution in [0.2, 0.25) is 0 Å². The molecule has 0 bridgehead atoms. The summed E-state index contributed by atoms with van der Waals surface area (Å²) in [6.07, 6.45) is 59.6. The molecular weight excluding hydrogens is 810 g/mol. The quantitative estimate of drug-likeness (QED) is 0.0265. The number of phosphoric ester groups is 1. The van der Waals surface area contributed by atoms with Gasteiger partial charge in [-0.1, -0.05) is 197 Å². The number of rotatable bonds is 48. The van der Waals surface area contributed by atoms with Crippen molar-refractivity contribution in [2.75, 3.05) is 26.4 Å². The molecule has 0 rings (SSSR count). The van der Waals surface area contributed by atoms with Gasteiger partial charge < -0.3 is 20.1 Å². The van der Waals surface area contributed by atoms with Crippen LogP contribution in [-0.4, -0.2) is 49.3 Å². The first-order valence-electron chi connectivity index (χ1n) is 25.8. The van der Waals surface area contributed by atoms with Crippen LogP contribution in [0.4, 0.5) is 0 Å². The first kappa shape index (κ1) is 60.7. The molecule has 0 saturated carbocycles. The zero-order valence-corrected chi connectivity index (χ0v) is 41.4. The Morgan fingerprint density at radius 3 is 1.22 bits per heavy atom. The highest BCUT2D eigenvalue weighted by Gasteiger charge is 2.26. The molecule has 0 aromatic rings. The molecule has 0 aliphatic carbocycles. The Balaban J connectivity index is 4.10. The molecule has 3 N–H and O–H groups in total. The van der Waals surface area contributed by atoms with Crippen LogP contribution in [0.5, 0.6) is 0 Å². The van der Waals surface area contributed by atoms with Gasteiger partial charge in [0.25, 0.3) is 0 Å². The highest BCUT2D eigenvalue weighted by molar-refractivity contribution is 7.47. The van der Waals surface area contributed by atoms with Crippen molar-refractivity contribution < 1.29 is 37.6 Å². The van der Waals surface area contributed by atoms with Crippen LogP contribution in [-0.2, 0) is 32.7 Å². The third-order valence-electron chi connectivity index (χ3n) is 10.9. The summed E-state index contributed by atoms with van der Waals surface area (Å²) < 4.78 is 32.9. The second-order valence-electron chi connectivity index (χ2n) is 17.0. The van der Waals surface area contributed by atoms with Gasteiger partial charge in [-0.3, -0.25) is 18.6 Å². The fourth-order valence-electron chi connectivity index (χ4n) is 7.03. The van der Waals surface area contributed by atoms with E-state index in [2.05, 4.69) is 74.6 Å². The van der Waals surface area contributed by atoms with E-state index in [9.17, 15) is 19.0 Å². The normalized spacial score (nSPS) is 13.7. The molecular formula is C53H96NO8P. The fraction of sp³-hybridized carbons (Fsp3) is 0.774. The first-order valence-corrected chi connectivity index (χ1v) is 27.3. The summed E-state index contributed by atoms with van der Waals surface area (Å²) in [6, 6.07) is 0. The Hall–Kier alpha value is -2.29. The van der Waals surface area contributed by atoms with Crippen molar-refractivity contribution in [1.29, 1.82) is 0 Å². The molecule has 9 nitrogen and oxygen atoms in total. The average Bonchev–Trinajstić information content (AvgIpc) is 3.27. The van der Waals surface area contributed by atoms with Gasteiger partial charge in [0.15, 0.2) is 6.10 Å². The van der Waals surface area contributed by atoms with E-state index in [4.69, 9.17) is 24.3 Å². The zero-order valence-electron chi connectivity index (χ0n) is 40.6. The molecule has 63 heavy (non-hydrogen) atoms. The number of unbranched alkanes of at least 4 members (excludes halogenated alkanes) is 25. The lowest BCUT2D eigenvalue weighted by molar-refractivity contribution is -0.161. The monoisotopic (exact) mass is 906 g/mol. The zero-order chi connectivity index (χ0) is 46.0. The van der Waals surface area contributed by atoms with Gasteiger partial charge in [0.2, 0.25) is 0 Å². The van der Waals surface area contributed by atoms with Crippen molar-refractivity contribution in [2.24, 2.45) is 5.73 Å². The third-order valence-corrected chi connectivity index (χ3v) is 11.9. The van der Waals surface area contributed by atoms with Gasteiger partial charge in [-0.05, 0) is 83.5 Å². The van der Waals surface area contributed by atoms with Crippen LogP contribution in [0.15, 0.2) is 60.8 Å². The molecule has 0 aromatic carbocycles. The van der Waals surface area contributed by atoms with Crippen LogP contribution in [0.1, 0.15) is 232 Å². The molecule has 2 atom stereocenters. The molecule has 0 aliphatic heterocycles. The standard InChI is InChI=1S/C53H96NO8P/c1-3-5-7-9-11-13-15-17-19-21-23-25-27-29-31-33-35-37-39-41-43-45-52(55)59-49-51(50-61-63(57,58)60-48-47-54)62-53(56)46-44-42-40-38-36-34-32-30-28-26-24-22-20-18-16-14-12-10-8-6-4-2/h15-18,21-24,28,30,51H,3-14,19-20,25-27,29,31-50,54H2,1-2H3,(H,57,58)/b17-15-,18-16-,23-21-,24-22-,30-28-. The largest absolute Gasteiger partial charge is 0.472 e. The Kier molecular flexibility index (Phi) is 47.4. The number of carbonyl (C=O) groups excluding carboxylic acids is 2. The minimum Gasteiger partial charge on any atom is -0.462 e. The minimum absolute atomic E-state index is 0.0482. The van der Waals surface area contributed by atoms with E-state index in [-0.39, 0.29) is 38.6 Å². The number of phosphoric acid groups is 1. The second kappa shape index (κ2) is 49.2.